The van der Waals surface area contributed by atoms with Crippen LogP contribution in [-0.2, 0) is 6.54 Å². The molecule has 0 bridgehead atoms. The van der Waals surface area contributed by atoms with E-state index in [0.29, 0.717) is 40.5 Å². The molecule has 2 N–H and O–H groups in total. The number of aromatic nitrogens is 3. The van der Waals surface area contributed by atoms with Crippen molar-refractivity contribution in [3.05, 3.63) is 58.7 Å². The minimum Gasteiger partial charge on any atom is -0.495 e. The van der Waals surface area contributed by atoms with Crippen LogP contribution in [0.4, 0.5) is 17.5 Å². The first-order chi connectivity index (χ1) is 13.1. The van der Waals surface area contributed by atoms with Crippen molar-refractivity contribution in [1.82, 2.24) is 15.2 Å². The number of anilines is 3. The molecule has 3 aromatic rings. The van der Waals surface area contributed by atoms with Crippen LogP contribution in [0.15, 0.2) is 42.6 Å². The summed E-state index contributed by atoms with van der Waals surface area (Å²) in [4.78, 5) is 4.43. The smallest absolute Gasteiger partial charge is 0.249 e. The molecule has 27 heavy (non-hydrogen) atoms. The first-order valence-electron chi connectivity index (χ1n) is 8.26. The third kappa shape index (κ3) is 4.77. The van der Waals surface area contributed by atoms with E-state index in [9.17, 15) is 0 Å². The van der Waals surface area contributed by atoms with Gasteiger partial charge in [-0.15, -0.1) is 5.10 Å². The third-order valence-electron chi connectivity index (χ3n) is 3.84. The van der Waals surface area contributed by atoms with Crippen LogP contribution in [0, 0.1) is 6.92 Å². The number of halogens is 1. The molecule has 0 atom stereocenters. The maximum Gasteiger partial charge on any atom is 0.249 e. The van der Waals surface area contributed by atoms with E-state index in [4.69, 9.17) is 21.1 Å². The molecule has 3 rings (SSSR count). The lowest BCUT2D eigenvalue weighted by molar-refractivity contribution is 0.405. The Balaban J connectivity index is 1.76. The van der Waals surface area contributed by atoms with Gasteiger partial charge in [-0.05, 0) is 12.5 Å². The Morgan fingerprint density at radius 1 is 1.07 bits per heavy atom. The Morgan fingerprint density at radius 2 is 1.89 bits per heavy atom. The second-order valence-corrected chi connectivity index (χ2v) is 6.23. The summed E-state index contributed by atoms with van der Waals surface area (Å²) in [5, 5.41) is 14.8. The molecule has 0 fully saturated rings. The summed E-state index contributed by atoms with van der Waals surface area (Å²) in [6.07, 6.45) is 1.57. The van der Waals surface area contributed by atoms with Gasteiger partial charge in [0, 0.05) is 18.7 Å². The van der Waals surface area contributed by atoms with E-state index >= 15 is 0 Å². The van der Waals surface area contributed by atoms with Crippen LogP contribution in [0.2, 0.25) is 5.02 Å². The van der Waals surface area contributed by atoms with Gasteiger partial charge in [0.1, 0.15) is 11.5 Å². The van der Waals surface area contributed by atoms with E-state index in [-0.39, 0.29) is 0 Å². The van der Waals surface area contributed by atoms with Gasteiger partial charge in [-0.1, -0.05) is 41.4 Å². The lowest BCUT2D eigenvalue weighted by Gasteiger charge is -2.13. The average molecular weight is 386 g/mol. The van der Waals surface area contributed by atoms with Crippen molar-refractivity contribution in [3.63, 3.8) is 0 Å². The lowest BCUT2D eigenvalue weighted by Crippen LogP contribution is -2.06. The molecule has 0 saturated heterocycles. The second-order valence-electron chi connectivity index (χ2n) is 5.82. The van der Waals surface area contributed by atoms with Gasteiger partial charge in [-0.2, -0.15) is 10.1 Å². The van der Waals surface area contributed by atoms with E-state index in [2.05, 4.69) is 50.9 Å². The highest BCUT2D eigenvalue weighted by Gasteiger charge is 2.12. The summed E-state index contributed by atoms with van der Waals surface area (Å²) in [6, 6.07) is 11.6. The van der Waals surface area contributed by atoms with Gasteiger partial charge in [0.25, 0.3) is 0 Å². The van der Waals surface area contributed by atoms with E-state index in [0.717, 1.165) is 5.56 Å². The number of hydrogen-bond donors (Lipinski definition) is 2. The van der Waals surface area contributed by atoms with Crippen LogP contribution in [0.1, 0.15) is 11.1 Å². The lowest BCUT2D eigenvalue weighted by atomic mass is 10.1. The highest BCUT2D eigenvalue weighted by atomic mass is 35.5. The minimum atomic E-state index is 0.326. The van der Waals surface area contributed by atoms with Crippen molar-refractivity contribution in [2.45, 2.75) is 13.5 Å². The monoisotopic (exact) mass is 385 g/mol. The summed E-state index contributed by atoms with van der Waals surface area (Å²) in [5.74, 6) is 1.99. The zero-order valence-electron chi connectivity index (χ0n) is 15.3. The molecule has 0 radical (unpaired) electrons. The molecule has 1 heterocycles. The fourth-order valence-corrected chi connectivity index (χ4v) is 2.77. The van der Waals surface area contributed by atoms with Gasteiger partial charge in [0.15, 0.2) is 5.82 Å². The maximum atomic E-state index is 6.13. The molecule has 0 spiro atoms. The molecule has 0 aliphatic heterocycles. The number of rotatable bonds is 7. The molecule has 0 unspecified atom stereocenters. The summed E-state index contributed by atoms with van der Waals surface area (Å²) in [6.45, 7) is 2.70. The van der Waals surface area contributed by atoms with Crippen molar-refractivity contribution < 1.29 is 9.47 Å². The number of ether oxygens (including phenoxy) is 2. The van der Waals surface area contributed by atoms with Crippen LogP contribution >= 0.6 is 11.6 Å². The average Bonchev–Trinajstić information content (AvgIpc) is 2.68. The molecule has 1 aromatic heterocycles. The molecular formula is C19H20ClN5O2. The van der Waals surface area contributed by atoms with Crippen LogP contribution in [-0.4, -0.2) is 29.4 Å². The molecule has 140 valence electrons. The van der Waals surface area contributed by atoms with E-state index < -0.39 is 0 Å². The van der Waals surface area contributed by atoms with Crippen molar-refractivity contribution in [1.29, 1.82) is 0 Å². The van der Waals surface area contributed by atoms with Crippen molar-refractivity contribution in [2.24, 2.45) is 0 Å². The van der Waals surface area contributed by atoms with E-state index in [1.54, 1.807) is 32.5 Å². The predicted molar refractivity (Wildman–Crippen MR) is 106 cm³/mol. The highest BCUT2D eigenvalue weighted by Crippen LogP contribution is 2.36. The van der Waals surface area contributed by atoms with Gasteiger partial charge >= 0.3 is 0 Å². The van der Waals surface area contributed by atoms with E-state index in [1.165, 1.54) is 5.56 Å². The number of hydrogen-bond acceptors (Lipinski definition) is 7. The van der Waals surface area contributed by atoms with Crippen LogP contribution < -0.4 is 20.1 Å². The Bertz CT molecular complexity index is 936. The molecule has 0 aliphatic rings. The number of nitrogens with zero attached hydrogens (tertiary/aromatic N) is 3. The molecule has 0 saturated carbocycles. The normalized spacial score (nSPS) is 10.4. The highest BCUT2D eigenvalue weighted by molar-refractivity contribution is 6.32. The topological polar surface area (TPSA) is 81.2 Å². The number of benzene rings is 2. The van der Waals surface area contributed by atoms with Gasteiger partial charge in [0.05, 0.1) is 31.1 Å². The Kier molecular flexibility index (Phi) is 5.93. The van der Waals surface area contributed by atoms with Crippen LogP contribution in [0.5, 0.6) is 11.5 Å². The first kappa shape index (κ1) is 18.7. The fraction of sp³-hybridized carbons (Fsp3) is 0.211. The van der Waals surface area contributed by atoms with Gasteiger partial charge in [-0.25, -0.2) is 0 Å². The van der Waals surface area contributed by atoms with Crippen molar-refractivity contribution >= 4 is 29.1 Å². The van der Waals surface area contributed by atoms with Crippen LogP contribution in [0.3, 0.4) is 0 Å². The number of aryl methyl sites for hydroxylation is 1. The van der Waals surface area contributed by atoms with E-state index in [1.807, 2.05) is 6.07 Å². The van der Waals surface area contributed by atoms with Gasteiger partial charge in [0.2, 0.25) is 5.95 Å². The predicted octanol–water partition coefficient (Wildman–Crippen LogP) is 4.21. The zero-order chi connectivity index (χ0) is 19.2. The third-order valence-corrected chi connectivity index (χ3v) is 4.13. The molecular weight excluding hydrogens is 366 g/mol. The molecule has 0 aliphatic carbocycles. The quantitative estimate of drug-likeness (QED) is 0.630. The zero-order valence-corrected chi connectivity index (χ0v) is 16.0. The molecule has 7 nitrogen and oxygen atoms in total. The first-order valence-corrected chi connectivity index (χ1v) is 8.64. The summed E-state index contributed by atoms with van der Waals surface area (Å²) >= 11 is 6.13. The van der Waals surface area contributed by atoms with Crippen LogP contribution in [0.25, 0.3) is 0 Å². The molecule has 2 aromatic carbocycles. The standard InChI is InChI=1S/C19H20ClN5O2/c1-12-5-4-6-13(7-12)10-21-18-11-22-25-19(24-18)23-15-9-16(26-2)14(20)8-17(15)27-3/h4-9,11H,10H2,1-3H3,(H2,21,23,24,25). The maximum absolute atomic E-state index is 6.13. The largest absolute Gasteiger partial charge is 0.495 e. The Labute approximate surface area is 162 Å². The second kappa shape index (κ2) is 8.55. The Morgan fingerprint density at radius 3 is 2.63 bits per heavy atom. The Hall–Kier alpha value is -3.06. The minimum absolute atomic E-state index is 0.326. The SMILES string of the molecule is COc1cc(Nc2nncc(NCc3cccc(C)c3)n2)c(OC)cc1Cl. The molecule has 0 amide bonds. The summed E-state index contributed by atoms with van der Waals surface area (Å²) < 4.78 is 10.6. The fourth-order valence-electron chi connectivity index (χ4n) is 2.54. The van der Waals surface area contributed by atoms with Crippen molar-refractivity contribution in [3.8, 4) is 11.5 Å². The number of nitrogens with one attached hydrogen (secondary N) is 2. The van der Waals surface area contributed by atoms with Gasteiger partial charge < -0.3 is 20.1 Å². The van der Waals surface area contributed by atoms with Gasteiger partial charge in [-0.3, -0.25) is 0 Å². The van der Waals surface area contributed by atoms with Crippen molar-refractivity contribution in [2.75, 3.05) is 24.9 Å². The molecule has 8 heteroatoms. The summed E-state index contributed by atoms with van der Waals surface area (Å²) in [5.41, 5.74) is 2.99. The number of methoxy groups -OCH3 is 2. The summed E-state index contributed by atoms with van der Waals surface area (Å²) in [7, 11) is 3.10.